The molecule has 0 aromatic heterocycles. The lowest BCUT2D eigenvalue weighted by molar-refractivity contribution is -0.870. The maximum Gasteiger partial charge on any atom is 0.472 e. The second-order valence-electron chi connectivity index (χ2n) is 15.3. The summed E-state index contributed by atoms with van der Waals surface area (Å²) in [6.07, 6.45) is 46.7. The highest BCUT2D eigenvalue weighted by Gasteiger charge is 2.27. The van der Waals surface area contributed by atoms with Gasteiger partial charge in [0.05, 0.1) is 27.7 Å². The predicted octanol–water partition coefficient (Wildman–Crippen LogP) is 12.2. The molecule has 10 heteroatoms. The molecular formula is C46H81NO8P+. The Bertz CT molecular complexity index is 1180. The van der Waals surface area contributed by atoms with Gasteiger partial charge in [0.25, 0.3) is 0 Å². The molecule has 0 aliphatic heterocycles. The van der Waals surface area contributed by atoms with E-state index in [2.05, 4.69) is 86.8 Å². The lowest BCUT2D eigenvalue weighted by atomic mass is 10.1. The average Bonchev–Trinajstić information content (AvgIpc) is 3.15. The summed E-state index contributed by atoms with van der Waals surface area (Å²) in [5, 5.41) is 0. The zero-order valence-corrected chi connectivity index (χ0v) is 37.0. The SMILES string of the molecule is CC/C=C/C/C=C/C/C=C/CCCCCCCC(=O)O[C@H](COC(=O)CCC/C=C/C/C=C/C/C=C/CCCCCCCC)COP(=O)(O)OCC[N+](C)(C)C. The third kappa shape index (κ3) is 41.1. The van der Waals surface area contributed by atoms with Gasteiger partial charge in [0.1, 0.15) is 19.8 Å². The van der Waals surface area contributed by atoms with Crippen LogP contribution < -0.4 is 0 Å². The summed E-state index contributed by atoms with van der Waals surface area (Å²) in [6, 6.07) is 0. The first-order chi connectivity index (χ1) is 27.0. The number of nitrogens with zero attached hydrogens (tertiary/aromatic N) is 1. The summed E-state index contributed by atoms with van der Waals surface area (Å²) in [5.41, 5.74) is 0. The third-order valence-corrected chi connectivity index (χ3v) is 9.70. The number of quaternary nitrogens is 1. The number of likely N-dealkylation sites (N-methyl/N-ethyl adjacent to an activating group) is 1. The van der Waals surface area contributed by atoms with E-state index in [1.807, 2.05) is 21.1 Å². The second-order valence-corrected chi connectivity index (χ2v) is 16.8. The van der Waals surface area contributed by atoms with Crippen LogP contribution in [-0.4, -0.2) is 74.9 Å². The van der Waals surface area contributed by atoms with Gasteiger partial charge >= 0.3 is 19.8 Å². The highest BCUT2D eigenvalue weighted by molar-refractivity contribution is 7.47. The fourth-order valence-corrected chi connectivity index (χ4v) is 6.08. The molecule has 56 heavy (non-hydrogen) atoms. The van der Waals surface area contributed by atoms with E-state index in [1.165, 1.54) is 38.5 Å². The van der Waals surface area contributed by atoms with Crippen LogP contribution in [0, 0.1) is 0 Å². The van der Waals surface area contributed by atoms with Crippen LogP contribution in [0.3, 0.4) is 0 Å². The average molecular weight is 807 g/mol. The molecule has 1 unspecified atom stereocenters. The second kappa shape index (κ2) is 38.0. The molecule has 0 aromatic carbocycles. The molecule has 9 nitrogen and oxygen atoms in total. The Morgan fingerprint density at radius 3 is 1.57 bits per heavy atom. The fourth-order valence-electron chi connectivity index (χ4n) is 5.34. The van der Waals surface area contributed by atoms with Gasteiger partial charge in [-0.2, -0.15) is 0 Å². The highest BCUT2D eigenvalue weighted by atomic mass is 31.2. The van der Waals surface area contributed by atoms with Gasteiger partial charge in [0, 0.05) is 12.8 Å². The summed E-state index contributed by atoms with van der Waals surface area (Å²) in [6.45, 7) is 4.20. The van der Waals surface area contributed by atoms with Gasteiger partial charge in [0.2, 0.25) is 0 Å². The smallest absolute Gasteiger partial charge is 0.462 e. The number of unbranched alkanes of at least 4 members (excludes halogenated alkanes) is 12. The molecule has 0 saturated carbocycles. The lowest BCUT2D eigenvalue weighted by Crippen LogP contribution is -2.37. The van der Waals surface area contributed by atoms with Gasteiger partial charge < -0.3 is 18.9 Å². The Balaban J connectivity index is 4.49. The zero-order valence-electron chi connectivity index (χ0n) is 36.1. The van der Waals surface area contributed by atoms with E-state index in [-0.39, 0.29) is 26.1 Å². The van der Waals surface area contributed by atoms with Crippen molar-refractivity contribution in [3.05, 3.63) is 72.9 Å². The molecule has 322 valence electrons. The minimum atomic E-state index is -4.39. The normalized spacial score (nSPS) is 14.3. The number of ether oxygens (including phenoxy) is 2. The van der Waals surface area contributed by atoms with Crippen LogP contribution in [-0.2, 0) is 32.7 Å². The molecule has 0 heterocycles. The topological polar surface area (TPSA) is 108 Å². The fraction of sp³-hybridized carbons (Fsp3) is 0.696. The summed E-state index contributed by atoms with van der Waals surface area (Å²) in [4.78, 5) is 35.3. The quantitative estimate of drug-likeness (QED) is 0.0216. The van der Waals surface area contributed by atoms with E-state index in [0.717, 1.165) is 77.0 Å². The van der Waals surface area contributed by atoms with Crippen molar-refractivity contribution in [1.29, 1.82) is 0 Å². The number of phosphoric acid groups is 1. The monoisotopic (exact) mass is 807 g/mol. The molecule has 0 spiro atoms. The van der Waals surface area contributed by atoms with Crippen molar-refractivity contribution in [2.24, 2.45) is 0 Å². The molecule has 0 radical (unpaired) electrons. The third-order valence-electron chi connectivity index (χ3n) is 8.72. The van der Waals surface area contributed by atoms with E-state index in [1.54, 1.807) is 0 Å². The Morgan fingerprint density at radius 1 is 0.571 bits per heavy atom. The van der Waals surface area contributed by atoms with Gasteiger partial charge in [-0.1, -0.05) is 138 Å². The van der Waals surface area contributed by atoms with Crippen LogP contribution in [0.2, 0.25) is 0 Å². The number of allylic oxidation sites excluding steroid dienone is 12. The molecule has 2 atom stereocenters. The first-order valence-corrected chi connectivity index (χ1v) is 23.2. The van der Waals surface area contributed by atoms with Crippen molar-refractivity contribution < 1.29 is 42.1 Å². The summed E-state index contributed by atoms with van der Waals surface area (Å²) in [5.74, 6) is -0.887. The first kappa shape index (κ1) is 53.5. The molecule has 1 N–H and O–H groups in total. The van der Waals surface area contributed by atoms with Crippen LogP contribution in [0.25, 0.3) is 0 Å². The zero-order chi connectivity index (χ0) is 41.4. The molecule has 0 fully saturated rings. The van der Waals surface area contributed by atoms with Crippen LogP contribution >= 0.6 is 7.82 Å². The van der Waals surface area contributed by atoms with Crippen molar-refractivity contribution in [3.63, 3.8) is 0 Å². The van der Waals surface area contributed by atoms with Gasteiger partial charge in [-0.25, -0.2) is 4.57 Å². The molecule has 0 aliphatic carbocycles. The standard InChI is InChI=1S/C46H80NO8P/c1-6-8-10-12-14-16-18-20-22-23-25-26-28-30-32-34-36-38-45(48)52-42-44(43-54-56(50,51)53-41-40-47(3,4)5)55-46(49)39-37-35-33-31-29-27-24-21-19-17-15-13-11-9-7-2/h9,11,15,17,20-22,24-26,30,32,44H,6-8,10,12-14,16,18-19,23,27-29,31,33-43H2,1-5H3/p+1/b11-9+,17-15+,22-20+,24-21+,26-25+,32-30+/t44-/m1/s1. The Kier molecular flexibility index (Phi) is 36.3. The van der Waals surface area contributed by atoms with E-state index < -0.39 is 32.5 Å². The first-order valence-electron chi connectivity index (χ1n) is 21.7. The maximum absolute atomic E-state index is 12.7. The highest BCUT2D eigenvalue weighted by Crippen LogP contribution is 2.43. The molecular weight excluding hydrogens is 725 g/mol. The van der Waals surface area contributed by atoms with Crippen LogP contribution in [0.4, 0.5) is 0 Å². The predicted molar refractivity (Wildman–Crippen MR) is 233 cm³/mol. The van der Waals surface area contributed by atoms with E-state index in [4.69, 9.17) is 18.5 Å². The number of hydrogen-bond acceptors (Lipinski definition) is 7. The van der Waals surface area contributed by atoms with E-state index >= 15 is 0 Å². The molecule has 0 bridgehead atoms. The molecule has 0 rings (SSSR count). The van der Waals surface area contributed by atoms with Crippen LogP contribution in [0.1, 0.15) is 155 Å². The van der Waals surface area contributed by atoms with Crippen LogP contribution in [0.15, 0.2) is 72.9 Å². The number of phosphoric ester groups is 1. The summed E-state index contributed by atoms with van der Waals surface area (Å²) >= 11 is 0. The van der Waals surface area contributed by atoms with Gasteiger partial charge in [-0.3, -0.25) is 18.6 Å². The number of carbonyl (C=O) groups is 2. The van der Waals surface area contributed by atoms with Gasteiger partial charge in [-0.15, -0.1) is 0 Å². The van der Waals surface area contributed by atoms with Crippen molar-refractivity contribution >= 4 is 19.8 Å². The van der Waals surface area contributed by atoms with Crippen molar-refractivity contribution in [1.82, 2.24) is 0 Å². The summed E-state index contributed by atoms with van der Waals surface area (Å²) in [7, 11) is 1.43. The molecule has 0 saturated heterocycles. The van der Waals surface area contributed by atoms with Gasteiger partial charge in [-0.05, 0) is 77.0 Å². The summed E-state index contributed by atoms with van der Waals surface area (Å²) < 4.78 is 34.2. The number of hydrogen-bond donors (Lipinski definition) is 1. The number of carbonyl (C=O) groups excluding carboxylic acids is 2. The van der Waals surface area contributed by atoms with Crippen molar-refractivity contribution in [2.75, 3.05) is 47.5 Å². The molecule has 0 aromatic rings. The van der Waals surface area contributed by atoms with Crippen LogP contribution in [0.5, 0.6) is 0 Å². The van der Waals surface area contributed by atoms with Crippen molar-refractivity contribution in [3.8, 4) is 0 Å². The maximum atomic E-state index is 12.7. The minimum absolute atomic E-state index is 0.0168. The Hall–Kier alpha value is -2.55. The lowest BCUT2D eigenvalue weighted by Gasteiger charge is -2.24. The van der Waals surface area contributed by atoms with E-state index in [9.17, 15) is 19.0 Å². The molecule has 0 aliphatic rings. The number of rotatable bonds is 38. The largest absolute Gasteiger partial charge is 0.472 e. The molecule has 0 amide bonds. The number of esters is 2. The minimum Gasteiger partial charge on any atom is -0.462 e. The van der Waals surface area contributed by atoms with Gasteiger partial charge in [0.15, 0.2) is 6.10 Å². The van der Waals surface area contributed by atoms with E-state index in [0.29, 0.717) is 23.9 Å². The Labute approximate surface area is 342 Å². The Morgan fingerprint density at radius 2 is 1.04 bits per heavy atom. The van der Waals surface area contributed by atoms with Crippen molar-refractivity contribution in [2.45, 2.75) is 161 Å².